The van der Waals surface area contributed by atoms with E-state index in [4.69, 9.17) is 0 Å². The third-order valence-corrected chi connectivity index (χ3v) is 2.75. The zero-order chi connectivity index (χ0) is 13.5. The van der Waals surface area contributed by atoms with Crippen LogP contribution < -0.4 is 5.32 Å². The molecule has 0 aromatic heterocycles. The first-order valence-electron chi connectivity index (χ1n) is 6.71. The molecule has 0 aromatic rings. The van der Waals surface area contributed by atoms with Crippen LogP contribution in [0.1, 0.15) is 47.5 Å². The van der Waals surface area contributed by atoms with Gasteiger partial charge in [0.1, 0.15) is 0 Å². The van der Waals surface area contributed by atoms with Crippen LogP contribution in [-0.4, -0.2) is 37.5 Å². The molecular formula is C14H30N2O. The Morgan fingerprint density at radius 2 is 1.82 bits per heavy atom. The summed E-state index contributed by atoms with van der Waals surface area (Å²) in [6.45, 7) is 13.1. The smallest absolute Gasteiger partial charge is 0.227 e. The highest BCUT2D eigenvalue weighted by molar-refractivity contribution is 5.81. The summed E-state index contributed by atoms with van der Waals surface area (Å²) in [5, 5.41) is 3.38. The third-order valence-electron chi connectivity index (χ3n) is 2.75. The van der Waals surface area contributed by atoms with E-state index in [0.29, 0.717) is 0 Å². The Morgan fingerprint density at radius 3 is 2.29 bits per heavy atom. The van der Waals surface area contributed by atoms with Crippen molar-refractivity contribution in [2.24, 2.45) is 11.3 Å². The molecule has 0 aliphatic rings. The van der Waals surface area contributed by atoms with E-state index in [2.05, 4.69) is 19.2 Å². The van der Waals surface area contributed by atoms with E-state index < -0.39 is 0 Å². The van der Waals surface area contributed by atoms with Crippen molar-refractivity contribution in [2.75, 3.05) is 26.7 Å². The van der Waals surface area contributed by atoms with E-state index in [1.165, 1.54) is 12.8 Å². The second-order valence-electron chi connectivity index (χ2n) is 6.26. The molecule has 0 rings (SSSR count). The fourth-order valence-electron chi connectivity index (χ4n) is 1.68. The molecule has 0 fully saturated rings. The van der Waals surface area contributed by atoms with Crippen LogP contribution in [0.4, 0.5) is 0 Å². The number of rotatable bonds is 7. The molecule has 0 heterocycles. The summed E-state index contributed by atoms with van der Waals surface area (Å²) in [6.07, 6.45) is 2.48. The Kier molecular flexibility index (Phi) is 7.44. The van der Waals surface area contributed by atoms with E-state index in [-0.39, 0.29) is 11.3 Å². The predicted octanol–water partition coefficient (Wildman–Crippen LogP) is 2.52. The lowest BCUT2D eigenvalue weighted by atomic mass is 9.95. The second-order valence-corrected chi connectivity index (χ2v) is 6.26. The van der Waals surface area contributed by atoms with Gasteiger partial charge in [0, 0.05) is 25.6 Å². The second kappa shape index (κ2) is 7.70. The first-order valence-corrected chi connectivity index (χ1v) is 6.71. The Morgan fingerprint density at radius 1 is 1.24 bits per heavy atom. The maximum absolute atomic E-state index is 11.9. The summed E-state index contributed by atoms with van der Waals surface area (Å²) >= 11 is 0. The van der Waals surface area contributed by atoms with Crippen molar-refractivity contribution in [3.63, 3.8) is 0 Å². The molecule has 0 aromatic carbocycles. The summed E-state index contributed by atoms with van der Waals surface area (Å²) in [7, 11) is 1.88. The van der Waals surface area contributed by atoms with Crippen molar-refractivity contribution >= 4 is 5.91 Å². The lowest BCUT2D eigenvalue weighted by Gasteiger charge is -2.26. The maximum atomic E-state index is 11.9. The zero-order valence-corrected chi connectivity index (χ0v) is 12.5. The number of carbonyl (C=O) groups is 1. The Bertz CT molecular complexity index is 219. The molecule has 0 saturated heterocycles. The van der Waals surface area contributed by atoms with Gasteiger partial charge in [-0.3, -0.25) is 4.79 Å². The highest BCUT2D eigenvalue weighted by Crippen LogP contribution is 2.15. The van der Waals surface area contributed by atoms with E-state index in [9.17, 15) is 4.79 Å². The summed E-state index contributed by atoms with van der Waals surface area (Å²) in [5.41, 5.74) is -0.271. The molecule has 17 heavy (non-hydrogen) atoms. The fourth-order valence-corrected chi connectivity index (χ4v) is 1.68. The molecule has 0 unspecified atom stereocenters. The number of nitrogens with one attached hydrogen (secondary N) is 1. The van der Waals surface area contributed by atoms with Crippen molar-refractivity contribution in [1.29, 1.82) is 0 Å². The molecule has 3 heteroatoms. The van der Waals surface area contributed by atoms with Crippen molar-refractivity contribution in [3.8, 4) is 0 Å². The molecule has 0 atom stereocenters. The first kappa shape index (κ1) is 16.4. The molecule has 0 aliphatic carbocycles. The molecule has 0 bridgehead atoms. The zero-order valence-electron chi connectivity index (χ0n) is 12.5. The maximum Gasteiger partial charge on any atom is 0.227 e. The van der Waals surface area contributed by atoms with Crippen molar-refractivity contribution in [2.45, 2.75) is 47.5 Å². The molecule has 0 saturated carbocycles. The summed E-state index contributed by atoms with van der Waals surface area (Å²) in [5.74, 6) is 0.989. The van der Waals surface area contributed by atoms with Crippen LogP contribution >= 0.6 is 0 Å². The van der Waals surface area contributed by atoms with Gasteiger partial charge in [-0.25, -0.2) is 0 Å². The van der Waals surface area contributed by atoms with Gasteiger partial charge in [0.15, 0.2) is 0 Å². The van der Waals surface area contributed by atoms with E-state index in [0.717, 1.165) is 25.6 Å². The van der Waals surface area contributed by atoms with Crippen molar-refractivity contribution in [3.05, 3.63) is 0 Å². The van der Waals surface area contributed by atoms with Gasteiger partial charge in [0.05, 0.1) is 0 Å². The normalized spacial score (nSPS) is 11.9. The summed E-state index contributed by atoms with van der Waals surface area (Å²) in [4.78, 5) is 13.7. The number of likely N-dealkylation sites (N-methyl/N-ethyl adjacent to an activating group) is 1. The minimum Gasteiger partial charge on any atom is -0.344 e. The van der Waals surface area contributed by atoms with E-state index >= 15 is 0 Å². The van der Waals surface area contributed by atoms with Gasteiger partial charge in [-0.05, 0) is 25.3 Å². The number of carbonyl (C=O) groups excluding carboxylic acids is 1. The lowest BCUT2D eigenvalue weighted by Crippen LogP contribution is -2.40. The van der Waals surface area contributed by atoms with E-state index in [1.807, 2.05) is 32.7 Å². The molecule has 0 spiro atoms. The van der Waals surface area contributed by atoms with Gasteiger partial charge >= 0.3 is 0 Å². The largest absolute Gasteiger partial charge is 0.344 e. The highest BCUT2D eigenvalue weighted by atomic mass is 16.2. The Labute approximate surface area is 107 Å². The SMILES string of the molecule is CC(C)CCCNCCN(C)C(=O)C(C)(C)C. The minimum absolute atomic E-state index is 0.210. The number of nitrogens with zero attached hydrogens (tertiary/aromatic N) is 1. The van der Waals surface area contributed by atoms with Gasteiger partial charge in [0.2, 0.25) is 5.91 Å². The van der Waals surface area contributed by atoms with Crippen LogP contribution in [0.3, 0.4) is 0 Å². The third kappa shape index (κ3) is 8.19. The van der Waals surface area contributed by atoms with Gasteiger partial charge in [-0.2, -0.15) is 0 Å². The highest BCUT2D eigenvalue weighted by Gasteiger charge is 2.24. The number of hydrogen-bond donors (Lipinski definition) is 1. The summed E-state index contributed by atoms with van der Waals surface area (Å²) in [6, 6.07) is 0. The van der Waals surface area contributed by atoms with Crippen LogP contribution in [0.25, 0.3) is 0 Å². The first-order chi connectivity index (χ1) is 7.75. The minimum atomic E-state index is -0.271. The predicted molar refractivity (Wildman–Crippen MR) is 74.0 cm³/mol. The Hall–Kier alpha value is -0.570. The van der Waals surface area contributed by atoms with Gasteiger partial charge < -0.3 is 10.2 Å². The molecular weight excluding hydrogens is 212 g/mol. The van der Waals surface area contributed by atoms with Crippen LogP contribution in [0.2, 0.25) is 0 Å². The van der Waals surface area contributed by atoms with Crippen LogP contribution in [0.15, 0.2) is 0 Å². The van der Waals surface area contributed by atoms with Crippen molar-refractivity contribution in [1.82, 2.24) is 10.2 Å². The topological polar surface area (TPSA) is 32.3 Å². The lowest BCUT2D eigenvalue weighted by molar-refractivity contribution is -0.137. The van der Waals surface area contributed by atoms with Gasteiger partial charge in [-0.15, -0.1) is 0 Å². The molecule has 3 nitrogen and oxygen atoms in total. The van der Waals surface area contributed by atoms with E-state index in [1.54, 1.807) is 0 Å². The number of hydrogen-bond acceptors (Lipinski definition) is 2. The summed E-state index contributed by atoms with van der Waals surface area (Å²) < 4.78 is 0. The van der Waals surface area contributed by atoms with Gasteiger partial charge in [0.25, 0.3) is 0 Å². The van der Waals surface area contributed by atoms with Gasteiger partial charge in [-0.1, -0.05) is 34.6 Å². The quantitative estimate of drug-likeness (QED) is 0.696. The molecule has 0 radical (unpaired) electrons. The Balaban J connectivity index is 3.59. The number of amides is 1. The fraction of sp³-hybridized carbons (Fsp3) is 0.929. The average molecular weight is 242 g/mol. The molecule has 1 N–H and O–H groups in total. The molecule has 1 amide bonds. The average Bonchev–Trinajstić information content (AvgIpc) is 2.19. The molecule has 0 aliphatic heterocycles. The monoisotopic (exact) mass is 242 g/mol. The van der Waals surface area contributed by atoms with Crippen molar-refractivity contribution < 1.29 is 4.79 Å². The van der Waals surface area contributed by atoms with Crippen LogP contribution in [-0.2, 0) is 4.79 Å². The van der Waals surface area contributed by atoms with Crippen LogP contribution in [0.5, 0.6) is 0 Å². The standard InChI is InChI=1S/C14H30N2O/c1-12(2)8-7-9-15-10-11-16(6)13(17)14(3,4)5/h12,15H,7-11H2,1-6H3. The van der Waals surface area contributed by atoms with Crippen LogP contribution in [0, 0.1) is 11.3 Å². The molecule has 102 valence electrons.